The van der Waals surface area contributed by atoms with Crippen LogP contribution in [0.4, 0.5) is 8.78 Å². The fraction of sp³-hybridized carbons (Fsp3) is 0.386. The van der Waals surface area contributed by atoms with Crippen LogP contribution in [-0.2, 0) is 28.0 Å². The van der Waals surface area contributed by atoms with E-state index in [0.29, 0.717) is 40.8 Å². The zero-order valence-electron chi connectivity index (χ0n) is 43.2. The van der Waals surface area contributed by atoms with Gasteiger partial charge in [-0.3, -0.25) is 52.7 Å². The molecule has 0 saturated heterocycles. The molecule has 0 radical (unpaired) electrons. The summed E-state index contributed by atoms with van der Waals surface area (Å²) >= 11 is 0. The van der Waals surface area contributed by atoms with Gasteiger partial charge in [-0.1, -0.05) is 80.7 Å². The predicted molar refractivity (Wildman–Crippen MR) is 285 cm³/mol. The average molecular weight is 1090 g/mol. The number of hydrogen-bond donors (Lipinski definition) is 1. The Morgan fingerprint density at radius 2 is 0.922 bits per heavy atom. The molecule has 1 N–H and O–H groups in total. The van der Waals surface area contributed by atoms with Crippen molar-refractivity contribution in [1.82, 2.24) is 9.80 Å². The predicted octanol–water partition coefficient (Wildman–Crippen LogP) is 11.2. The van der Waals surface area contributed by atoms with Crippen LogP contribution >= 0.6 is 7.60 Å². The number of halogens is 2. The SMILES string of the molecule is C.C.CC(C)(C)CC(=O)c1ccc(OC/C(CN2C(=O)c3ccccc3C2=O)=C(/F)C(=O)O)cc1.CC(C)(C)CC(=O)c1ccc(OCC(=O)CN2C(=O)c3ccccc3C2=O)cc1.CCOP(=O)(OCC)C(F)C(C)=O. The number of carboxylic acids is 1. The second-order valence-corrected chi connectivity index (χ2v) is 21.6. The summed E-state index contributed by atoms with van der Waals surface area (Å²) in [7, 11) is -3.88. The van der Waals surface area contributed by atoms with Gasteiger partial charge in [0.05, 0.1) is 48.6 Å². The van der Waals surface area contributed by atoms with Crippen molar-refractivity contribution in [2.45, 2.75) is 95.9 Å². The van der Waals surface area contributed by atoms with Crippen LogP contribution in [0.1, 0.15) is 152 Å². The third-order valence-electron chi connectivity index (χ3n) is 10.7. The van der Waals surface area contributed by atoms with Gasteiger partial charge >= 0.3 is 13.6 Å². The first-order valence-corrected chi connectivity index (χ1v) is 25.3. The number of carbonyl (C=O) groups excluding carboxylic acids is 8. The number of alkyl halides is 1. The van der Waals surface area contributed by atoms with Gasteiger partial charge in [-0.25, -0.2) is 9.18 Å². The van der Waals surface area contributed by atoms with E-state index in [1.165, 1.54) is 24.3 Å². The van der Waals surface area contributed by atoms with Gasteiger partial charge in [-0.05, 0) is 104 Å². The Hall–Kier alpha value is -7.34. The highest BCUT2D eigenvalue weighted by atomic mass is 31.2. The largest absolute Gasteiger partial charge is 0.489 e. The van der Waals surface area contributed by atoms with E-state index in [2.05, 4.69) is 9.05 Å². The molecule has 2 heterocycles. The Morgan fingerprint density at radius 3 is 1.23 bits per heavy atom. The van der Waals surface area contributed by atoms with E-state index in [9.17, 15) is 56.5 Å². The van der Waals surface area contributed by atoms with E-state index in [4.69, 9.17) is 14.6 Å². The van der Waals surface area contributed by atoms with Crippen LogP contribution in [0.3, 0.4) is 0 Å². The van der Waals surface area contributed by atoms with Crippen LogP contribution in [0.5, 0.6) is 11.5 Å². The standard InChI is InChI=1S/C25H24FNO6.C23H23NO5.C7H14FO4P.2CH4/c1-25(2,3)12-20(28)15-8-10-17(11-9-15)33-14-16(21(26)24(31)32)13-27-22(29)18-6-4-5-7-19(18)23(27)30;1-23(2,3)12-20(26)15-8-10-17(11-9-15)29-14-16(25)13-24-21(27)18-6-4-5-7-19(18)22(24)28;1-4-11-13(10,12-5-2)7(8)6(3)9;;/h4-11H,12-14H2,1-3H3,(H,31,32);4-11H,12-14H2,1-3H3;7H,4-5H2,1-3H3;2*1H4/b21-16+;;;;. The summed E-state index contributed by atoms with van der Waals surface area (Å²) in [4.78, 5) is 110. The molecule has 4 amide bonds. The number of amides is 4. The monoisotopic (exact) mass is 1090 g/mol. The molecule has 1 unspecified atom stereocenters. The molecule has 0 aliphatic carbocycles. The normalized spacial score (nSPS) is 13.5. The molecule has 0 spiro atoms. The third kappa shape index (κ3) is 18.4. The van der Waals surface area contributed by atoms with Crippen LogP contribution in [0.2, 0.25) is 0 Å². The summed E-state index contributed by atoms with van der Waals surface area (Å²) < 4.78 is 59.2. The lowest BCUT2D eigenvalue weighted by molar-refractivity contribution is -0.134. The maximum Gasteiger partial charge on any atom is 0.372 e. The highest BCUT2D eigenvalue weighted by molar-refractivity contribution is 7.55. The molecule has 4 aromatic carbocycles. The highest BCUT2D eigenvalue weighted by Crippen LogP contribution is 2.53. The lowest BCUT2D eigenvalue weighted by Gasteiger charge is -2.18. The minimum Gasteiger partial charge on any atom is -0.489 e. The second kappa shape index (κ2) is 28.7. The smallest absolute Gasteiger partial charge is 0.372 e. The van der Waals surface area contributed by atoms with Crippen molar-refractivity contribution in [1.29, 1.82) is 0 Å². The first kappa shape index (κ1) is 65.8. The molecule has 2 aliphatic rings. The number of benzene rings is 4. The van der Waals surface area contributed by atoms with Crippen LogP contribution in [0.25, 0.3) is 0 Å². The van der Waals surface area contributed by atoms with Crippen molar-refractivity contribution >= 4 is 60.3 Å². The number of rotatable bonds is 21. The summed E-state index contributed by atoms with van der Waals surface area (Å²) in [6.07, 6.45) is 0.802. The lowest BCUT2D eigenvalue weighted by Crippen LogP contribution is -2.36. The van der Waals surface area contributed by atoms with Gasteiger partial charge < -0.3 is 23.6 Å². The molecule has 0 fully saturated rings. The Bertz CT molecular complexity index is 2810. The van der Waals surface area contributed by atoms with Crippen LogP contribution in [0.15, 0.2) is 108 Å². The first-order chi connectivity index (χ1) is 35.1. The number of ether oxygens (including phenoxy) is 2. The van der Waals surface area contributed by atoms with Gasteiger partial charge in [0.25, 0.3) is 29.5 Å². The molecule has 0 aromatic heterocycles. The first-order valence-electron chi connectivity index (χ1n) is 23.7. The molecule has 2 aliphatic heterocycles. The number of carbonyl (C=O) groups is 9. The van der Waals surface area contributed by atoms with E-state index in [1.54, 1.807) is 86.6 Å². The Labute approximate surface area is 448 Å². The molecule has 0 saturated carbocycles. The molecule has 4 aromatic rings. The van der Waals surface area contributed by atoms with Gasteiger partial charge in [0.1, 0.15) is 24.7 Å². The number of fused-ring (bicyclic) bond motifs is 2. The zero-order valence-corrected chi connectivity index (χ0v) is 44.1. The van der Waals surface area contributed by atoms with E-state index in [0.717, 1.165) is 16.7 Å². The Balaban J connectivity index is 0.000000423. The van der Waals surface area contributed by atoms with Crippen LogP contribution in [0, 0.1) is 10.8 Å². The van der Waals surface area contributed by atoms with Crippen molar-refractivity contribution < 1.29 is 80.1 Å². The molecule has 77 heavy (non-hydrogen) atoms. The fourth-order valence-corrected chi connectivity index (χ4v) is 8.74. The van der Waals surface area contributed by atoms with E-state index in [-0.39, 0.29) is 86.1 Å². The van der Waals surface area contributed by atoms with Crippen LogP contribution in [-0.4, -0.2) is 113 Å². The molecule has 1 atom stereocenters. The van der Waals surface area contributed by atoms with Crippen LogP contribution < -0.4 is 9.47 Å². The quantitative estimate of drug-likeness (QED) is 0.0354. The van der Waals surface area contributed by atoms with Gasteiger partial charge in [-0.15, -0.1) is 0 Å². The molecule has 17 nitrogen and oxygen atoms in total. The van der Waals surface area contributed by atoms with Crippen molar-refractivity contribution in [2.24, 2.45) is 10.8 Å². The number of Topliss-reactive ketones (excluding diaryl/α,β-unsaturated/α-hetero) is 4. The van der Waals surface area contributed by atoms with E-state index >= 15 is 0 Å². The van der Waals surface area contributed by atoms with Crippen molar-refractivity contribution in [3.05, 3.63) is 142 Å². The van der Waals surface area contributed by atoms with Crippen molar-refractivity contribution in [3.8, 4) is 11.5 Å². The number of nitrogens with zero attached hydrogens (tertiary/aromatic N) is 2. The summed E-state index contributed by atoms with van der Waals surface area (Å²) in [6, 6.07) is 25.4. The molecule has 0 bridgehead atoms. The lowest BCUT2D eigenvalue weighted by atomic mass is 9.88. The average Bonchev–Trinajstić information content (AvgIpc) is 3.73. The second-order valence-electron chi connectivity index (χ2n) is 19.5. The number of hydrogen-bond acceptors (Lipinski definition) is 14. The number of carboxylic acid groups (broad SMARTS) is 1. The number of aliphatic carboxylic acids is 1. The topological polar surface area (TPSA) is 234 Å². The third-order valence-corrected chi connectivity index (χ3v) is 12.9. The Morgan fingerprint density at radius 1 is 0.584 bits per heavy atom. The maximum absolute atomic E-state index is 14.4. The summed E-state index contributed by atoms with van der Waals surface area (Å²) in [5.74, 6) is -8.21. The summed E-state index contributed by atoms with van der Waals surface area (Å²) in [6.45, 7) is 14.4. The molecule has 416 valence electrons. The Kier molecular flexibility index (Phi) is 24.5. The fourth-order valence-electron chi connectivity index (χ4n) is 7.23. The van der Waals surface area contributed by atoms with E-state index in [1.807, 2.05) is 41.5 Å². The van der Waals surface area contributed by atoms with Crippen molar-refractivity contribution in [3.63, 3.8) is 0 Å². The van der Waals surface area contributed by atoms with Crippen molar-refractivity contribution in [2.75, 3.05) is 39.5 Å². The maximum atomic E-state index is 14.4. The molecular formula is C57H69F2N2O15P. The van der Waals surface area contributed by atoms with Gasteiger partial charge in [0, 0.05) is 29.5 Å². The minimum atomic E-state index is -3.88. The number of ketones is 4. The molecular weight excluding hydrogens is 1020 g/mol. The molecule has 6 rings (SSSR count). The highest BCUT2D eigenvalue weighted by Gasteiger charge is 2.40. The summed E-state index contributed by atoms with van der Waals surface area (Å²) in [5, 5.41) is 9.10. The zero-order chi connectivity index (χ0) is 56.0. The summed E-state index contributed by atoms with van der Waals surface area (Å²) in [5.41, 5.74) is 1.42. The minimum absolute atomic E-state index is 0. The molecule has 20 heteroatoms. The van der Waals surface area contributed by atoms with Gasteiger partial charge in [0.2, 0.25) is 5.83 Å². The number of imide groups is 2. The van der Waals surface area contributed by atoms with Gasteiger partial charge in [0.15, 0.2) is 23.1 Å². The van der Waals surface area contributed by atoms with Gasteiger partial charge in [-0.2, -0.15) is 4.39 Å². The van der Waals surface area contributed by atoms with E-state index < -0.39 is 73.7 Å².